The Balaban J connectivity index is 1.43. The monoisotopic (exact) mass is 348 g/mol. The third kappa shape index (κ3) is 4.21. The number of nitrogens with zero attached hydrogens (tertiary/aromatic N) is 1. The quantitative estimate of drug-likeness (QED) is 0.842. The highest BCUT2D eigenvalue weighted by Gasteiger charge is 2.37. The highest BCUT2D eigenvalue weighted by Crippen LogP contribution is 2.33. The molecule has 0 bridgehead atoms. The van der Waals surface area contributed by atoms with Gasteiger partial charge in [0.1, 0.15) is 5.76 Å². The molecular weight excluding hydrogens is 324 g/mol. The number of carbonyl (C=O) groups excluding carboxylic acids is 2. The van der Waals surface area contributed by atoms with Gasteiger partial charge in [-0.3, -0.25) is 14.4 Å². The largest absolute Gasteiger partial charge is 0.481 e. The summed E-state index contributed by atoms with van der Waals surface area (Å²) >= 11 is 0. The molecule has 7 heteroatoms. The Bertz CT molecular complexity index is 619. The number of likely N-dealkylation sites (tertiary alicyclic amines) is 1. The number of aliphatic carboxylic acids is 1. The zero-order valence-electron chi connectivity index (χ0n) is 14.1. The second-order valence-electron chi connectivity index (χ2n) is 6.94. The lowest BCUT2D eigenvalue weighted by atomic mass is 9.94. The fourth-order valence-electron chi connectivity index (χ4n) is 3.78. The second-order valence-corrected chi connectivity index (χ2v) is 6.94. The van der Waals surface area contributed by atoms with E-state index in [0.717, 1.165) is 5.76 Å². The summed E-state index contributed by atoms with van der Waals surface area (Å²) in [4.78, 5) is 37.6. The molecule has 1 aromatic rings. The van der Waals surface area contributed by atoms with E-state index in [9.17, 15) is 14.4 Å². The maximum absolute atomic E-state index is 12.5. The molecule has 136 valence electrons. The van der Waals surface area contributed by atoms with Crippen molar-refractivity contribution in [1.82, 2.24) is 10.2 Å². The smallest absolute Gasteiger partial charge is 0.306 e. The summed E-state index contributed by atoms with van der Waals surface area (Å²) in [6, 6.07) is 3.59. The van der Waals surface area contributed by atoms with Crippen molar-refractivity contribution in [2.24, 2.45) is 17.8 Å². The van der Waals surface area contributed by atoms with Crippen molar-refractivity contribution in [1.29, 1.82) is 0 Å². The van der Waals surface area contributed by atoms with Crippen LogP contribution in [0.5, 0.6) is 0 Å². The zero-order chi connectivity index (χ0) is 17.8. The molecule has 2 amide bonds. The van der Waals surface area contributed by atoms with Gasteiger partial charge < -0.3 is 19.7 Å². The van der Waals surface area contributed by atoms with Gasteiger partial charge in [0.25, 0.3) is 0 Å². The Morgan fingerprint density at radius 2 is 1.84 bits per heavy atom. The van der Waals surface area contributed by atoms with Crippen LogP contribution in [0.3, 0.4) is 0 Å². The lowest BCUT2D eigenvalue weighted by Gasteiger charge is -2.33. The SMILES string of the molecule is O=C(O)C1CCC(C(=O)N2CCC(C(=O)NCc3ccco3)CC2)C1. The molecule has 1 aliphatic heterocycles. The first-order valence-electron chi connectivity index (χ1n) is 8.86. The molecule has 0 aromatic carbocycles. The summed E-state index contributed by atoms with van der Waals surface area (Å²) in [6.07, 6.45) is 4.54. The number of carboxylic acid groups (broad SMARTS) is 1. The average molecular weight is 348 g/mol. The van der Waals surface area contributed by atoms with E-state index in [0.29, 0.717) is 51.7 Å². The Kier molecular flexibility index (Phi) is 5.40. The molecule has 25 heavy (non-hydrogen) atoms. The average Bonchev–Trinajstić information content (AvgIpc) is 3.30. The summed E-state index contributed by atoms with van der Waals surface area (Å²) in [5, 5.41) is 11.9. The summed E-state index contributed by atoms with van der Waals surface area (Å²) < 4.78 is 5.19. The van der Waals surface area contributed by atoms with Gasteiger partial charge in [0.15, 0.2) is 0 Å². The molecule has 2 aliphatic rings. The first-order chi connectivity index (χ1) is 12.0. The van der Waals surface area contributed by atoms with Crippen LogP contribution in [0.15, 0.2) is 22.8 Å². The van der Waals surface area contributed by atoms with Gasteiger partial charge in [0, 0.05) is 24.9 Å². The molecule has 2 unspecified atom stereocenters. The van der Waals surface area contributed by atoms with Gasteiger partial charge >= 0.3 is 5.97 Å². The zero-order valence-corrected chi connectivity index (χ0v) is 14.1. The first kappa shape index (κ1) is 17.5. The normalized spacial score (nSPS) is 24.2. The maximum atomic E-state index is 12.5. The minimum Gasteiger partial charge on any atom is -0.481 e. The minimum absolute atomic E-state index is 0.00435. The van der Waals surface area contributed by atoms with E-state index in [2.05, 4.69) is 5.32 Å². The number of carboxylic acids is 1. The van der Waals surface area contributed by atoms with Crippen molar-refractivity contribution in [2.45, 2.75) is 38.6 Å². The third-order valence-corrected chi connectivity index (χ3v) is 5.33. The molecule has 1 saturated carbocycles. The number of carbonyl (C=O) groups is 3. The molecule has 3 rings (SSSR count). The minimum atomic E-state index is -0.803. The molecule has 1 saturated heterocycles. The van der Waals surface area contributed by atoms with E-state index < -0.39 is 5.97 Å². The fraction of sp³-hybridized carbons (Fsp3) is 0.611. The molecule has 2 heterocycles. The third-order valence-electron chi connectivity index (χ3n) is 5.33. The van der Waals surface area contributed by atoms with Crippen LogP contribution in [0.2, 0.25) is 0 Å². The van der Waals surface area contributed by atoms with Crippen molar-refractivity contribution in [3.8, 4) is 0 Å². The van der Waals surface area contributed by atoms with E-state index >= 15 is 0 Å². The van der Waals surface area contributed by atoms with Gasteiger partial charge in [-0.1, -0.05) is 0 Å². The van der Waals surface area contributed by atoms with Crippen LogP contribution in [0, 0.1) is 17.8 Å². The molecule has 2 N–H and O–H groups in total. The van der Waals surface area contributed by atoms with E-state index in [1.165, 1.54) is 0 Å². The Morgan fingerprint density at radius 3 is 2.44 bits per heavy atom. The van der Waals surface area contributed by atoms with Crippen LogP contribution in [0.4, 0.5) is 0 Å². The molecule has 1 aliphatic carbocycles. The van der Waals surface area contributed by atoms with Gasteiger partial charge in [-0.05, 0) is 44.2 Å². The van der Waals surface area contributed by atoms with Crippen molar-refractivity contribution in [2.75, 3.05) is 13.1 Å². The first-order valence-corrected chi connectivity index (χ1v) is 8.86. The predicted molar refractivity (Wildman–Crippen MR) is 88.3 cm³/mol. The molecule has 1 aromatic heterocycles. The standard InChI is InChI=1S/C18H24N2O5/c21-16(19-11-15-2-1-9-25-15)12-5-7-20(8-6-12)17(22)13-3-4-14(10-13)18(23)24/h1-2,9,12-14H,3-8,10-11H2,(H,19,21)(H,23,24). The van der Waals surface area contributed by atoms with Crippen LogP contribution in [-0.4, -0.2) is 40.9 Å². The molecule has 2 atom stereocenters. The number of furan rings is 1. The Hall–Kier alpha value is -2.31. The van der Waals surface area contributed by atoms with E-state index in [-0.39, 0.29) is 29.6 Å². The van der Waals surface area contributed by atoms with Gasteiger partial charge in [0.05, 0.1) is 18.7 Å². The van der Waals surface area contributed by atoms with E-state index in [4.69, 9.17) is 9.52 Å². The number of amides is 2. The molecule has 0 radical (unpaired) electrons. The van der Waals surface area contributed by atoms with Gasteiger partial charge in [-0.25, -0.2) is 0 Å². The van der Waals surface area contributed by atoms with Crippen LogP contribution in [-0.2, 0) is 20.9 Å². The summed E-state index contributed by atoms with van der Waals surface area (Å²) in [7, 11) is 0. The number of rotatable bonds is 5. The van der Waals surface area contributed by atoms with Gasteiger partial charge in [-0.2, -0.15) is 0 Å². The molecule has 0 spiro atoms. The number of hydrogen-bond acceptors (Lipinski definition) is 4. The number of nitrogens with one attached hydrogen (secondary N) is 1. The molecular formula is C18H24N2O5. The van der Waals surface area contributed by atoms with Crippen LogP contribution < -0.4 is 5.32 Å². The summed E-state index contributed by atoms with van der Waals surface area (Å²) in [6.45, 7) is 1.50. The maximum Gasteiger partial charge on any atom is 0.306 e. The van der Waals surface area contributed by atoms with Gasteiger partial charge in [0.2, 0.25) is 11.8 Å². The van der Waals surface area contributed by atoms with Crippen molar-refractivity contribution < 1.29 is 23.9 Å². The predicted octanol–water partition coefficient (Wildman–Crippen LogP) is 1.64. The van der Waals surface area contributed by atoms with Crippen molar-refractivity contribution in [3.63, 3.8) is 0 Å². The lowest BCUT2D eigenvalue weighted by Crippen LogP contribution is -2.44. The summed E-state index contributed by atoms with van der Waals surface area (Å²) in [5.74, 6) is -0.690. The number of piperidine rings is 1. The highest BCUT2D eigenvalue weighted by atomic mass is 16.4. The Labute approximate surface area is 146 Å². The van der Waals surface area contributed by atoms with Crippen molar-refractivity contribution >= 4 is 17.8 Å². The molecule has 2 fully saturated rings. The van der Waals surface area contributed by atoms with Gasteiger partial charge in [-0.15, -0.1) is 0 Å². The van der Waals surface area contributed by atoms with Crippen molar-refractivity contribution in [3.05, 3.63) is 24.2 Å². The van der Waals surface area contributed by atoms with Crippen LogP contribution in [0.1, 0.15) is 37.9 Å². The van der Waals surface area contributed by atoms with Crippen LogP contribution in [0.25, 0.3) is 0 Å². The lowest BCUT2D eigenvalue weighted by molar-refractivity contribution is -0.142. The fourth-order valence-corrected chi connectivity index (χ4v) is 3.78. The highest BCUT2D eigenvalue weighted by molar-refractivity contribution is 5.82. The molecule has 7 nitrogen and oxygen atoms in total. The van der Waals surface area contributed by atoms with Crippen LogP contribution >= 0.6 is 0 Å². The second kappa shape index (κ2) is 7.72. The topological polar surface area (TPSA) is 99.9 Å². The summed E-state index contributed by atoms with van der Waals surface area (Å²) in [5.41, 5.74) is 0. The van der Waals surface area contributed by atoms with E-state index in [1.54, 1.807) is 17.2 Å². The Morgan fingerprint density at radius 1 is 1.12 bits per heavy atom. The van der Waals surface area contributed by atoms with E-state index in [1.807, 2.05) is 6.07 Å². The number of hydrogen-bond donors (Lipinski definition) is 2.